The Bertz CT molecular complexity index is 1060. The van der Waals surface area contributed by atoms with Crippen molar-refractivity contribution in [3.63, 3.8) is 0 Å². The Morgan fingerprint density at radius 2 is 2.04 bits per heavy atom. The van der Waals surface area contributed by atoms with Crippen molar-refractivity contribution in [3.8, 4) is 17.2 Å². The lowest BCUT2D eigenvalue weighted by Crippen LogP contribution is -2.10. The number of oxazole rings is 1. The molecule has 25 heavy (non-hydrogen) atoms. The summed E-state index contributed by atoms with van der Waals surface area (Å²) in [6.07, 6.45) is 1.43. The van der Waals surface area contributed by atoms with E-state index in [4.69, 9.17) is 8.83 Å². The number of aryl methyl sites for hydroxylation is 1. The highest BCUT2D eigenvalue weighted by Crippen LogP contribution is 2.33. The zero-order chi connectivity index (χ0) is 17.4. The van der Waals surface area contributed by atoms with E-state index in [-0.39, 0.29) is 23.3 Å². The molecule has 2 aromatic heterocycles. The molecular weight excluding hydrogens is 320 g/mol. The number of nitrogens with one attached hydrogen (secondary N) is 1. The first-order valence-corrected chi connectivity index (χ1v) is 7.65. The number of furan rings is 1. The van der Waals surface area contributed by atoms with E-state index in [1.165, 1.54) is 12.3 Å². The van der Waals surface area contributed by atoms with Gasteiger partial charge in [0, 0.05) is 5.69 Å². The van der Waals surface area contributed by atoms with Crippen LogP contribution in [0.15, 0.2) is 63.6 Å². The van der Waals surface area contributed by atoms with Gasteiger partial charge in [-0.1, -0.05) is 6.07 Å². The number of hydrogen-bond acceptors (Lipinski definition) is 5. The number of aromatic nitrogens is 1. The second kappa shape index (κ2) is 5.83. The summed E-state index contributed by atoms with van der Waals surface area (Å²) in [6, 6.07) is 13.5. The van der Waals surface area contributed by atoms with E-state index in [0.29, 0.717) is 22.4 Å². The molecule has 0 aliphatic heterocycles. The zero-order valence-corrected chi connectivity index (χ0v) is 13.3. The average molecular weight is 334 g/mol. The standard InChI is InChI=1S/C19H14N2O4/c1-11-4-7-16-14(9-11)21-19(25-16)13-10-12(5-6-15(13)22)20-18(23)17-3-2-8-24-17/h2-10,22H,1H3,(H,20,23). The highest BCUT2D eigenvalue weighted by molar-refractivity contribution is 6.02. The third-order valence-electron chi connectivity index (χ3n) is 3.77. The predicted octanol–water partition coefficient (Wildman–Crippen LogP) is 4.35. The number of carbonyl (C=O) groups is 1. The van der Waals surface area contributed by atoms with Crippen molar-refractivity contribution in [1.82, 2.24) is 4.98 Å². The summed E-state index contributed by atoms with van der Waals surface area (Å²) >= 11 is 0. The molecule has 0 spiro atoms. The first-order valence-electron chi connectivity index (χ1n) is 7.65. The predicted molar refractivity (Wildman–Crippen MR) is 92.5 cm³/mol. The molecule has 6 heteroatoms. The van der Waals surface area contributed by atoms with Crippen molar-refractivity contribution in [2.24, 2.45) is 0 Å². The van der Waals surface area contributed by atoms with Gasteiger partial charge in [0.1, 0.15) is 11.3 Å². The van der Waals surface area contributed by atoms with Crippen molar-refractivity contribution in [2.75, 3.05) is 5.32 Å². The summed E-state index contributed by atoms with van der Waals surface area (Å²) in [5.74, 6) is 0.119. The fourth-order valence-electron chi connectivity index (χ4n) is 2.54. The minimum atomic E-state index is -0.380. The van der Waals surface area contributed by atoms with Gasteiger partial charge in [0.15, 0.2) is 11.3 Å². The van der Waals surface area contributed by atoms with E-state index >= 15 is 0 Å². The molecule has 0 unspecified atom stereocenters. The topological polar surface area (TPSA) is 88.5 Å². The lowest BCUT2D eigenvalue weighted by molar-refractivity contribution is 0.0996. The second-order valence-electron chi connectivity index (χ2n) is 5.65. The molecule has 0 aliphatic rings. The number of amides is 1. The van der Waals surface area contributed by atoms with Gasteiger partial charge in [-0.15, -0.1) is 0 Å². The Balaban J connectivity index is 1.70. The molecule has 2 N–H and O–H groups in total. The molecule has 0 saturated heterocycles. The Kier molecular flexibility index (Phi) is 3.50. The van der Waals surface area contributed by atoms with Crippen LogP contribution in [0.3, 0.4) is 0 Å². The molecule has 0 bridgehead atoms. The third kappa shape index (κ3) is 2.85. The molecule has 6 nitrogen and oxygen atoms in total. The molecule has 0 saturated carbocycles. The van der Waals surface area contributed by atoms with E-state index in [1.54, 1.807) is 24.3 Å². The van der Waals surface area contributed by atoms with Crippen LogP contribution in [0.4, 0.5) is 5.69 Å². The smallest absolute Gasteiger partial charge is 0.291 e. The Hall–Kier alpha value is -3.54. The Labute approximate surface area is 142 Å². The van der Waals surface area contributed by atoms with Crippen LogP contribution < -0.4 is 5.32 Å². The van der Waals surface area contributed by atoms with Crippen LogP contribution in [0.1, 0.15) is 16.1 Å². The largest absolute Gasteiger partial charge is 0.507 e. The minimum absolute atomic E-state index is 0.0132. The second-order valence-corrected chi connectivity index (χ2v) is 5.65. The number of phenols is 1. The molecule has 0 aliphatic carbocycles. The summed E-state index contributed by atoms with van der Waals surface area (Å²) in [6.45, 7) is 1.97. The maximum Gasteiger partial charge on any atom is 0.291 e. The molecule has 2 heterocycles. The minimum Gasteiger partial charge on any atom is -0.507 e. The highest BCUT2D eigenvalue weighted by atomic mass is 16.4. The number of rotatable bonds is 3. The van der Waals surface area contributed by atoms with Gasteiger partial charge in [-0.2, -0.15) is 0 Å². The van der Waals surface area contributed by atoms with E-state index in [9.17, 15) is 9.90 Å². The van der Waals surface area contributed by atoms with Crippen LogP contribution in [-0.4, -0.2) is 16.0 Å². The van der Waals surface area contributed by atoms with Crippen molar-refractivity contribution >= 4 is 22.7 Å². The van der Waals surface area contributed by atoms with E-state index in [2.05, 4.69) is 10.3 Å². The van der Waals surface area contributed by atoms with Gasteiger partial charge in [0.25, 0.3) is 5.91 Å². The number of hydrogen-bond donors (Lipinski definition) is 2. The fourth-order valence-corrected chi connectivity index (χ4v) is 2.54. The highest BCUT2D eigenvalue weighted by Gasteiger charge is 2.15. The van der Waals surface area contributed by atoms with Crippen LogP contribution in [0, 0.1) is 6.92 Å². The first kappa shape index (κ1) is 15.0. The number of carbonyl (C=O) groups excluding carboxylic acids is 1. The molecule has 0 atom stereocenters. The van der Waals surface area contributed by atoms with E-state index in [1.807, 2.05) is 25.1 Å². The lowest BCUT2D eigenvalue weighted by atomic mass is 10.1. The average Bonchev–Trinajstić information content (AvgIpc) is 3.25. The van der Waals surface area contributed by atoms with Crippen LogP contribution >= 0.6 is 0 Å². The first-order chi connectivity index (χ1) is 12.1. The lowest BCUT2D eigenvalue weighted by Gasteiger charge is -2.06. The van der Waals surface area contributed by atoms with Crippen molar-refractivity contribution in [2.45, 2.75) is 6.92 Å². The van der Waals surface area contributed by atoms with Crippen molar-refractivity contribution < 1.29 is 18.7 Å². The molecule has 0 radical (unpaired) electrons. The van der Waals surface area contributed by atoms with Crippen LogP contribution in [0.25, 0.3) is 22.6 Å². The molecule has 4 rings (SSSR count). The number of benzene rings is 2. The molecule has 124 valence electrons. The third-order valence-corrected chi connectivity index (χ3v) is 3.77. The van der Waals surface area contributed by atoms with Crippen LogP contribution in [0.5, 0.6) is 5.75 Å². The quantitative estimate of drug-likeness (QED) is 0.544. The molecular formula is C19H14N2O4. The van der Waals surface area contributed by atoms with E-state index < -0.39 is 0 Å². The zero-order valence-electron chi connectivity index (χ0n) is 13.3. The molecule has 4 aromatic rings. The van der Waals surface area contributed by atoms with Gasteiger partial charge in [-0.3, -0.25) is 4.79 Å². The summed E-state index contributed by atoms with van der Waals surface area (Å²) in [4.78, 5) is 16.5. The maximum absolute atomic E-state index is 12.1. The SMILES string of the molecule is Cc1ccc2oc(-c3cc(NC(=O)c4ccco4)ccc3O)nc2c1. The van der Waals surface area contributed by atoms with Gasteiger partial charge in [-0.25, -0.2) is 4.98 Å². The molecule has 0 fully saturated rings. The van der Waals surface area contributed by atoms with Crippen molar-refractivity contribution in [1.29, 1.82) is 0 Å². The van der Waals surface area contributed by atoms with E-state index in [0.717, 1.165) is 5.56 Å². The van der Waals surface area contributed by atoms with Crippen LogP contribution in [-0.2, 0) is 0 Å². The van der Waals surface area contributed by atoms with Gasteiger partial charge in [0.2, 0.25) is 5.89 Å². The summed E-state index contributed by atoms with van der Waals surface area (Å²) in [5, 5.41) is 12.9. The Morgan fingerprint density at radius 3 is 2.84 bits per heavy atom. The molecule has 1 amide bonds. The van der Waals surface area contributed by atoms with Gasteiger partial charge in [-0.05, 0) is 55.0 Å². The maximum atomic E-state index is 12.1. The van der Waals surface area contributed by atoms with Crippen LogP contribution in [0.2, 0.25) is 0 Å². The van der Waals surface area contributed by atoms with Gasteiger partial charge in [0.05, 0.1) is 11.8 Å². The number of anilines is 1. The number of nitrogens with zero attached hydrogens (tertiary/aromatic N) is 1. The number of fused-ring (bicyclic) bond motifs is 1. The van der Waals surface area contributed by atoms with Crippen molar-refractivity contribution in [3.05, 3.63) is 66.1 Å². The number of aromatic hydroxyl groups is 1. The summed E-state index contributed by atoms with van der Waals surface area (Å²) in [5.41, 5.74) is 3.29. The van der Waals surface area contributed by atoms with Gasteiger partial charge >= 0.3 is 0 Å². The number of phenolic OH excluding ortho intramolecular Hbond substituents is 1. The monoisotopic (exact) mass is 334 g/mol. The summed E-state index contributed by atoms with van der Waals surface area (Å²) in [7, 11) is 0. The van der Waals surface area contributed by atoms with Gasteiger partial charge < -0.3 is 19.3 Å². The Morgan fingerprint density at radius 1 is 1.16 bits per heavy atom. The molecule has 2 aromatic carbocycles. The normalized spacial score (nSPS) is 10.9. The fraction of sp³-hybridized carbons (Fsp3) is 0.0526. The summed E-state index contributed by atoms with van der Waals surface area (Å²) < 4.78 is 10.8.